The van der Waals surface area contributed by atoms with Crippen LogP contribution in [0.1, 0.15) is 17.4 Å². The summed E-state index contributed by atoms with van der Waals surface area (Å²) < 4.78 is 0.935. The number of carbonyl (C=O) groups is 2. The highest BCUT2D eigenvalue weighted by Crippen LogP contribution is 2.28. The molecule has 0 aliphatic carbocycles. The van der Waals surface area contributed by atoms with E-state index in [-0.39, 0.29) is 11.8 Å². The summed E-state index contributed by atoms with van der Waals surface area (Å²) in [6.07, 6.45) is 3.15. The van der Waals surface area contributed by atoms with Crippen LogP contribution in [-0.4, -0.2) is 62.7 Å². The van der Waals surface area contributed by atoms with Crippen LogP contribution in [0, 0.1) is 0 Å². The fourth-order valence-corrected chi connectivity index (χ4v) is 3.70. The summed E-state index contributed by atoms with van der Waals surface area (Å²) in [5.41, 5.74) is 2.77. The molecule has 142 valence electrons. The predicted molar refractivity (Wildman–Crippen MR) is 109 cm³/mol. The standard InChI is InChI=1S/C20H18BrN5O2/c1-13(27)25-6-8-26(9-7-25)20(28)18-10-14(4-5-22-18)19-16-11-15(21)2-3-17(16)23-12-24-19/h2-5,10-12H,6-9H2,1H3. The SMILES string of the molecule is CC(=O)N1CCN(C(=O)c2cc(-c3ncnc4ccc(Br)cc34)ccn2)CC1. The molecule has 1 aromatic carbocycles. The molecule has 1 fully saturated rings. The number of carbonyl (C=O) groups excluding carboxylic acids is 2. The Morgan fingerprint density at radius 2 is 1.71 bits per heavy atom. The maximum absolute atomic E-state index is 12.9. The van der Waals surface area contributed by atoms with Crippen molar-refractivity contribution < 1.29 is 9.59 Å². The second-order valence-corrected chi connectivity index (χ2v) is 7.53. The van der Waals surface area contributed by atoms with Gasteiger partial charge in [0.2, 0.25) is 5.91 Å². The molecular formula is C20H18BrN5O2. The topological polar surface area (TPSA) is 79.3 Å². The van der Waals surface area contributed by atoms with Crippen molar-refractivity contribution in [2.75, 3.05) is 26.2 Å². The fourth-order valence-electron chi connectivity index (χ4n) is 3.34. The summed E-state index contributed by atoms with van der Waals surface area (Å²) in [6, 6.07) is 9.43. The normalized spacial score (nSPS) is 14.4. The minimum atomic E-state index is -0.135. The summed E-state index contributed by atoms with van der Waals surface area (Å²) in [5.74, 6) is -0.0985. The Morgan fingerprint density at radius 3 is 2.46 bits per heavy atom. The number of pyridine rings is 1. The number of amides is 2. The Kier molecular flexibility index (Phi) is 5.04. The molecule has 2 aromatic heterocycles. The number of hydrogen-bond donors (Lipinski definition) is 0. The number of piperazine rings is 1. The molecule has 4 rings (SSSR count). The van der Waals surface area contributed by atoms with Gasteiger partial charge in [0.1, 0.15) is 12.0 Å². The van der Waals surface area contributed by atoms with Crippen molar-refractivity contribution in [1.29, 1.82) is 0 Å². The van der Waals surface area contributed by atoms with Crippen molar-refractivity contribution in [3.05, 3.63) is 53.0 Å². The number of nitrogens with zero attached hydrogens (tertiary/aromatic N) is 5. The molecule has 7 nitrogen and oxygen atoms in total. The van der Waals surface area contributed by atoms with E-state index in [1.807, 2.05) is 24.3 Å². The molecule has 0 unspecified atom stereocenters. The summed E-state index contributed by atoms with van der Waals surface area (Å²) in [7, 11) is 0. The van der Waals surface area contributed by atoms with Gasteiger partial charge in [-0.15, -0.1) is 0 Å². The molecule has 3 heterocycles. The summed E-state index contributed by atoms with van der Waals surface area (Å²) >= 11 is 3.49. The third-order valence-corrected chi connectivity index (χ3v) is 5.36. The van der Waals surface area contributed by atoms with Crippen molar-refractivity contribution in [3.8, 4) is 11.3 Å². The highest BCUT2D eigenvalue weighted by atomic mass is 79.9. The van der Waals surface area contributed by atoms with Crippen LogP contribution in [0.4, 0.5) is 0 Å². The molecule has 0 spiro atoms. The lowest BCUT2D eigenvalue weighted by molar-refractivity contribution is -0.130. The number of fused-ring (bicyclic) bond motifs is 1. The van der Waals surface area contributed by atoms with Crippen molar-refractivity contribution in [1.82, 2.24) is 24.8 Å². The van der Waals surface area contributed by atoms with Crippen LogP contribution >= 0.6 is 15.9 Å². The van der Waals surface area contributed by atoms with Crippen LogP contribution in [0.2, 0.25) is 0 Å². The maximum atomic E-state index is 12.9. The zero-order valence-corrected chi connectivity index (χ0v) is 16.9. The Morgan fingerprint density at radius 1 is 0.964 bits per heavy atom. The van der Waals surface area contributed by atoms with E-state index in [0.717, 1.165) is 26.6 Å². The Hall–Kier alpha value is -2.87. The van der Waals surface area contributed by atoms with Gasteiger partial charge in [0, 0.05) is 54.7 Å². The second-order valence-electron chi connectivity index (χ2n) is 6.61. The van der Waals surface area contributed by atoms with Crippen LogP contribution in [0.5, 0.6) is 0 Å². The molecule has 2 amide bonds. The lowest BCUT2D eigenvalue weighted by Crippen LogP contribution is -2.50. The van der Waals surface area contributed by atoms with Gasteiger partial charge in [-0.05, 0) is 30.3 Å². The second kappa shape index (κ2) is 7.63. The van der Waals surface area contributed by atoms with Gasteiger partial charge in [-0.25, -0.2) is 9.97 Å². The van der Waals surface area contributed by atoms with Crippen LogP contribution in [0.25, 0.3) is 22.2 Å². The van der Waals surface area contributed by atoms with Crippen LogP contribution in [0.3, 0.4) is 0 Å². The molecule has 28 heavy (non-hydrogen) atoms. The molecule has 0 atom stereocenters. The largest absolute Gasteiger partial charge is 0.339 e. The quantitative estimate of drug-likeness (QED) is 0.613. The average molecular weight is 440 g/mol. The lowest BCUT2D eigenvalue weighted by Gasteiger charge is -2.34. The third kappa shape index (κ3) is 3.60. The van der Waals surface area contributed by atoms with Crippen molar-refractivity contribution in [2.24, 2.45) is 0 Å². The first-order chi connectivity index (χ1) is 13.5. The summed E-state index contributed by atoms with van der Waals surface area (Å²) in [4.78, 5) is 40.9. The molecule has 0 radical (unpaired) electrons. The number of hydrogen-bond acceptors (Lipinski definition) is 5. The predicted octanol–water partition coefficient (Wildman–Crippen LogP) is 2.76. The van der Waals surface area contributed by atoms with Crippen molar-refractivity contribution in [2.45, 2.75) is 6.92 Å². The molecule has 1 aliphatic rings. The Bertz CT molecular complexity index is 1060. The molecular weight excluding hydrogens is 422 g/mol. The molecule has 1 saturated heterocycles. The van der Waals surface area contributed by atoms with Crippen molar-refractivity contribution >= 4 is 38.6 Å². The first-order valence-corrected chi connectivity index (χ1v) is 9.74. The number of aromatic nitrogens is 3. The van der Waals surface area contributed by atoms with Gasteiger partial charge in [0.05, 0.1) is 11.2 Å². The van der Waals surface area contributed by atoms with E-state index in [1.54, 1.807) is 29.0 Å². The number of rotatable bonds is 2. The van der Waals surface area contributed by atoms with Gasteiger partial charge in [-0.1, -0.05) is 15.9 Å². The molecule has 1 aliphatic heterocycles. The summed E-state index contributed by atoms with van der Waals surface area (Å²) in [5, 5.41) is 0.900. The number of halogens is 1. The number of benzene rings is 1. The zero-order valence-electron chi connectivity index (χ0n) is 15.3. The van der Waals surface area contributed by atoms with Crippen LogP contribution in [-0.2, 0) is 4.79 Å². The Labute approximate surface area is 170 Å². The van der Waals surface area contributed by atoms with E-state index in [2.05, 4.69) is 30.9 Å². The van der Waals surface area contributed by atoms with Crippen LogP contribution in [0.15, 0.2) is 47.3 Å². The summed E-state index contributed by atoms with van der Waals surface area (Å²) in [6.45, 7) is 3.66. The average Bonchev–Trinajstić information content (AvgIpc) is 2.73. The third-order valence-electron chi connectivity index (χ3n) is 4.86. The Balaban J connectivity index is 1.63. The first kappa shape index (κ1) is 18.5. The minimum Gasteiger partial charge on any atom is -0.339 e. The van der Waals surface area contributed by atoms with E-state index in [1.165, 1.54) is 6.33 Å². The molecule has 3 aromatic rings. The van der Waals surface area contributed by atoms with Gasteiger partial charge in [-0.3, -0.25) is 14.6 Å². The van der Waals surface area contributed by atoms with Gasteiger partial charge in [0.25, 0.3) is 5.91 Å². The zero-order chi connectivity index (χ0) is 19.7. The lowest BCUT2D eigenvalue weighted by atomic mass is 10.1. The smallest absolute Gasteiger partial charge is 0.272 e. The minimum absolute atomic E-state index is 0.0361. The fraction of sp³-hybridized carbons (Fsp3) is 0.250. The van der Waals surface area contributed by atoms with E-state index < -0.39 is 0 Å². The van der Waals surface area contributed by atoms with Crippen molar-refractivity contribution in [3.63, 3.8) is 0 Å². The first-order valence-electron chi connectivity index (χ1n) is 8.94. The molecule has 8 heteroatoms. The van der Waals surface area contributed by atoms with E-state index in [4.69, 9.17) is 0 Å². The molecule has 0 N–H and O–H groups in total. The molecule has 0 bridgehead atoms. The van der Waals surface area contributed by atoms with E-state index in [9.17, 15) is 9.59 Å². The van der Waals surface area contributed by atoms with E-state index in [0.29, 0.717) is 31.9 Å². The monoisotopic (exact) mass is 439 g/mol. The highest BCUT2D eigenvalue weighted by molar-refractivity contribution is 9.10. The van der Waals surface area contributed by atoms with Gasteiger partial charge in [-0.2, -0.15) is 0 Å². The van der Waals surface area contributed by atoms with Gasteiger partial charge >= 0.3 is 0 Å². The van der Waals surface area contributed by atoms with E-state index >= 15 is 0 Å². The highest BCUT2D eigenvalue weighted by Gasteiger charge is 2.24. The van der Waals surface area contributed by atoms with Gasteiger partial charge < -0.3 is 9.80 Å². The van der Waals surface area contributed by atoms with Crippen LogP contribution < -0.4 is 0 Å². The molecule has 0 saturated carbocycles. The maximum Gasteiger partial charge on any atom is 0.272 e. The van der Waals surface area contributed by atoms with Gasteiger partial charge in [0.15, 0.2) is 0 Å².